The van der Waals surface area contributed by atoms with Crippen LogP contribution in [0.25, 0.3) is 10.1 Å². The average molecular weight is 273 g/mol. The minimum Gasteiger partial charge on any atom is -0.192 e. The number of benzene rings is 1. The maximum Gasteiger partial charge on any atom is 0.108 e. The van der Waals surface area contributed by atoms with Crippen LogP contribution in [-0.2, 0) is 0 Å². The van der Waals surface area contributed by atoms with Gasteiger partial charge >= 0.3 is 0 Å². The lowest BCUT2D eigenvalue weighted by atomic mass is 10.2. The van der Waals surface area contributed by atoms with Crippen LogP contribution in [0.5, 0.6) is 0 Å². The van der Waals surface area contributed by atoms with Gasteiger partial charge in [0.1, 0.15) is 10.4 Å². The van der Waals surface area contributed by atoms with Gasteiger partial charge < -0.3 is 0 Å². The first-order valence-electron chi connectivity index (χ1n) is 3.50. The van der Waals surface area contributed by atoms with E-state index >= 15 is 0 Å². The molecule has 1 aromatic carbocycles. The minimum absolute atomic E-state index is 0.676. The van der Waals surface area contributed by atoms with E-state index in [4.69, 9.17) is 16.9 Å². The van der Waals surface area contributed by atoms with Gasteiger partial charge in [0.2, 0.25) is 0 Å². The summed E-state index contributed by atoms with van der Waals surface area (Å²) in [5.41, 5.74) is 0.676. The zero-order chi connectivity index (χ0) is 9.42. The van der Waals surface area contributed by atoms with E-state index in [1.54, 1.807) is 6.07 Å². The summed E-state index contributed by atoms with van der Waals surface area (Å²) in [6, 6.07) is 7.74. The predicted octanol–water partition coefficient (Wildman–Crippen LogP) is 4.19. The van der Waals surface area contributed by atoms with Crippen LogP contribution in [0.1, 0.15) is 5.56 Å². The van der Waals surface area contributed by atoms with Gasteiger partial charge in [-0.05, 0) is 22.0 Å². The van der Waals surface area contributed by atoms with E-state index in [1.165, 1.54) is 11.3 Å². The Morgan fingerprint density at radius 3 is 2.92 bits per heavy atom. The van der Waals surface area contributed by atoms with Crippen LogP contribution in [0.3, 0.4) is 0 Å². The third kappa shape index (κ3) is 1.35. The molecule has 13 heavy (non-hydrogen) atoms. The predicted molar refractivity (Wildman–Crippen MR) is 59.3 cm³/mol. The highest BCUT2D eigenvalue weighted by atomic mass is 79.9. The highest BCUT2D eigenvalue weighted by molar-refractivity contribution is 9.10. The van der Waals surface area contributed by atoms with Gasteiger partial charge in [-0.1, -0.05) is 23.7 Å². The van der Waals surface area contributed by atoms with Crippen molar-refractivity contribution < 1.29 is 0 Å². The average Bonchev–Trinajstić information content (AvgIpc) is 2.43. The molecule has 0 atom stereocenters. The van der Waals surface area contributed by atoms with Crippen LogP contribution < -0.4 is 0 Å². The molecule has 2 rings (SSSR count). The Morgan fingerprint density at radius 1 is 1.46 bits per heavy atom. The molecule has 1 nitrogen and oxygen atoms in total. The van der Waals surface area contributed by atoms with E-state index in [1.807, 2.05) is 12.1 Å². The molecule has 0 aliphatic rings. The van der Waals surface area contributed by atoms with Crippen molar-refractivity contribution in [3.63, 3.8) is 0 Å². The topological polar surface area (TPSA) is 23.8 Å². The van der Waals surface area contributed by atoms with Crippen molar-refractivity contribution in [2.75, 3.05) is 0 Å². The number of nitrogens with zero attached hydrogens (tertiary/aromatic N) is 1. The Bertz CT molecular complexity index is 512. The summed E-state index contributed by atoms with van der Waals surface area (Å²) in [4.78, 5) is 0. The molecule has 64 valence electrons. The Morgan fingerprint density at radius 2 is 2.23 bits per heavy atom. The van der Waals surface area contributed by atoms with Crippen LogP contribution in [0.2, 0.25) is 4.34 Å². The summed E-state index contributed by atoms with van der Waals surface area (Å²) in [6.07, 6.45) is 0. The van der Waals surface area contributed by atoms with Gasteiger partial charge in [0.15, 0.2) is 0 Å². The summed E-state index contributed by atoms with van der Waals surface area (Å²) in [6.45, 7) is 0. The van der Waals surface area contributed by atoms with Gasteiger partial charge in [0.25, 0.3) is 0 Å². The minimum atomic E-state index is 0.676. The number of thiophene rings is 1. The summed E-state index contributed by atoms with van der Waals surface area (Å²) < 4.78 is 2.52. The third-order valence-corrected chi connectivity index (χ3v) is 4.50. The molecule has 0 radical (unpaired) electrons. The monoisotopic (exact) mass is 271 g/mol. The number of halogens is 2. The summed E-state index contributed by atoms with van der Waals surface area (Å²) in [7, 11) is 0. The Kier molecular flexibility index (Phi) is 2.29. The Labute approximate surface area is 92.7 Å². The first-order chi connectivity index (χ1) is 6.24. The highest BCUT2D eigenvalue weighted by Gasteiger charge is 2.10. The maximum absolute atomic E-state index is 8.83. The second-order valence-corrected chi connectivity index (χ2v) is 4.90. The molecule has 2 aromatic rings. The molecule has 0 bridgehead atoms. The van der Waals surface area contributed by atoms with Crippen LogP contribution in [0, 0.1) is 11.3 Å². The fourth-order valence-corrected chi connectivity index (χ4v) is 3.07. The second kappa shape index (κ2) is 3.30. The second-order valence-electron chi connectivity index (χ2n) is 2.48. The number of hydrogen-bond donors (Lipinski definition) is 0. The van der Waals surface area contributed by atoms with Crippen molar-refractivity contribution in [1.82, 2.24) is 0 Å². The van der Waals surface area contributed by atoms with Crippen molar-refractivity contribution in [2.24, 2.45) is 0 Å². The smallest absolute Gasteiger partial charge is 0.108 e. The molecule has 0 spiro atoms. The quantitative estimate of drug-likeness (QED) is 0.705. The van der Waals surface area contributed by atoms with Crippen LogP contribution >= 0.6 is 38.9 Å². The first kappa shape index (κ1) is 9.01. The zero-order valence-corrected chi connectivity index (χ0v) is 9.50. The molecule has 0 aliphatic carbocycles. The van der Waals surface area contributed by atoms with Crippen molar-refractivity contribution in [1.29, 1.82) is 5.26 Å². The van der Waals surface area contributed by atoms with E-state index in [2.05, 4.69) is 22.0 Å². The van der Waals surface area contributed by atoms with Crippen molar-refractivity contribution >= 4 is 49.0 Å². The molecule has 1 heterocycles. The molecule has 0 saturated carbocycles. The van der Waals surface area contributed by atoms with E-state index in [0.717, 1.165) is 14.6 Å². The van der Waals surface area contributed by atoms with Gasteiger partial charge in [-0.25, -0.2) is 0 Å². The Hall–Kier alpha value is -0.560. The zero-order valence-electron chi connectivity index (χ0n) is 6.34. The van der Waals surface area contributed by atoms with E-state index in [0.29, 0.717) is 9.90 Å². The number of fused-ring (bicyclic) bond motifs is 1. The first-order valence-corrected chi connectivity index (χ1v) is 5.49. The lowest BCUT2D eigenvalue weighted by molar-refractivity contribution is 1.51. The number of nitriles is 1. The maximum atomic E-state index is 8.83. The van der Waals surface area contributed by atoms with Gasteiger partial charge in [-0.2, -0.15) is 5.26 Å². The fraction of sp³-hybridized carbons (Fsp3) is 0. The largest absolute Gasteiger partial charge is 0.192 e. The van der Waals surface area contributed by atoms with E-state index in [-0.39, 0.29) is 0 Å². The molecule has 0 N–H and O–H groups in total. The third-order valence-electron chi connectivity index (χ3n) is 1.74. The molecule has 0 fully saturated rings. The molecular weight excluding hydrogens is 270 g/mol. The molecule has 0 aliphatic heterocycles. The van der Waals surface area contributed by atoms with Crippen LogP contribution in [0.4, 0.5) is 0 Å². The molecule has 0 amide bonds. The highest BCUT2D eigenvalue weighted by Crippen LogP contribution is 2.40. The SMILES string of the molecule is N#Cc1cccc2c(Br)c(Cl)sc12. The summed E-state index contributed by atoms with van der Waals surface area (Å²) in [5.74, 6) is 0. The molecular formula is C9H3BrClNS. The standard InChI is InChI=1S/C9H3BrClNS/c10-7-6-3-1-2-5(4-12)8(6)13-9(7)11/h1-3H. The van der Waals surface area contributed by atoms with Crippen LogP contribution in [-0.4, -0.2) is 0 Å². The lowest BCUT2D eigenvalue weighted by Crippen LogP contribution is -1.72. The van der Waals surface area contributed by atoms with Gasteiger partial charge in [-0.15, -0.1) is 11.3 Å². The van der Waals surface area contributed by atoms with Crippen molar-refractivity contribution in [3.05, 3.63) is 32.6 Å². The van der Waals surface area contributed by atoms with Gasteiger partial charge in [-0.3, -0.25) is 0 Å². The van der Waals surface area contributed by atoms with Gasteiger partial charge in [0, 0.05) is 5.39 Å². The van der Waals surface area contributed by atoms with Gasteiger partial charge in [0.05, 0.1) is 14.7 Å². The number of hydrogen-bond acceptors (Lipinski definition) is 2. The normalized spacial score (nSPS) is 10.2. The lowest BCUT2D eigenvalue weighted by Gasteiger charge is -1.90. The van der Waals surface area contributed by atoms with Crippen molar-refractivity contribution in [3.8, 4) is 6.07 Å². The summed E-state index contributed by atoms with van der Waals surface area (Å²) >= 11 is 10.8. The van der Waals surface area contributed by atoms with E-state index < -0.39 is 0 Å². The van der Waals surface area contributed by atoms with E-state index in [9.17, 15) is 0 Å². The molecule has 0 saturated heterocycles. The van der Waals surface area contributed by atoms with Crippen molar-refractivity contribution in [2.45, 2.75) is 0 Å². The molecule has 0 unspecified atom stereocenters. The van der Waals surface area contributed by atoms with Crippen LogP contribution in [0.15, 0.2) is 22.7 Å². The molecule has 4 heteroatoms. The molecule has 1 aromatic heterocycles. The summed E-state index contributed by atoms with van der Waals surface area (Å²) in [5, 5.41) is 9.84. The number of rotatable bonds is 0. The Balaban J connectivity index is 2.95. The fourth-order valence-electron chi connectivity index (χ4n) is 1.15.